The van der Waals surface area contributed by atoms with Crippen LogP contribution in [-0.4, -0.2) is 55.1 Å². The first kappa shape index (κ1) is 13.1. The molecule has 0 saturated carbocycles. The lowest BCUT2D eigenvalue weighted by Crippen LogP contribution is -2.61. The number of hydrogen-bond donors (Lipinski definition) is 1. The van der Waals surface area contributed by atoms with Gasteiger partial charge in [0.05, 0.1) is 0 Å². The summed E-state index contributed by atoms with van der Waals surface area (Å²) in [6.07, 6.45) is 2.45. The molecule has 2 fully saturated rings. The predicted octanol–water partition coefficient (Wildman–Crippen LogP) is 1.92. The number of nitrogens with zero attached hydrogens (tertiary/aromatic N) is 2. The zero-order valence-electron chi connectivity index (χ0n) is 11.8. The fraction of sp³-hybridized carbons (Fsp3) is 0.625. The molecule has 1 aromatic rings. The van der Waals surface area contributed by atoms with Crippen molar-refractivity contribution in [3.05, 3.63) is 34.3 Å². The van der Waals surface area contributed by atoms with E-state index in [9.17, 15) is 0 Å². The number of piperazine rings is 1. The molecule has 2 saturated heterocycles. The molecular formula is C16H22ClN3. The van der Waals surface area contributed by atoms with Crippen molar-refractivity contribution in [2.45, 2.75) is 24.9 Å². The normalized spacial score (nSPS) is 28.4. The summed E-state index contributed by atoms with van der Waals surface area (Å²) < 4.78 is 0. The number of halogens is 1. The Balaban J connectivity index is 1.43. The maximum absolute atomic E-state index is 6.11. The molecule has 0 amide bonds. The molecule has 4 rings (SSSR count). The third-order valence-corrected chi connectivity index (χ3v) is 5.45. The molecule has 1 atom stereocenters. The topological polar surface area (TPSA) is 18.5 Å². The highest BCUT2D eigenvalue weighted by molar-refractivity contribution is 6.30. The minimum absolute atomic E-state index is 0.629. The molecule has 0 bridgehead atoms. The standard InChI is InChI=1S/C16H22ClN3/c17-13-2-3-15-12(9-13)1-4-16(15)20-7-5-19(6-8-20)14-10-18-11-14/h2-3,9,14,16,18H,1,4-8,10-11H2. The molecule has 2 aliphatic heterocycles. The average Bonchev–Trinajstić information content (AvgIpc) is 2.80. The molecule has 4 heteroatoms. The molecule has 0 radical (unpaired) electrons. The number of nitrogens with one attached hydrogen (secondary N) is 1. The van der Waals surface area contributed by atoms with Crippen molar-refractivity contribution in [3.63, 3.8) is 0 Å². The molecule has 3 aliphatic rings. The SMILES string of the molecule is Clc1ccc2c(c1)CCC2N1CCN(C2CNC2)CC1. The van der Waals surface area contributed by atoms with E-state index in [4.69, 9.17) is 11.6 Å². The van der Waals surface area contributed by atoms with Gasteiger partial charge in [0.25, 0.3) is 0 Å². The summed E-state index contributed by atoms with van der Waals surface area (Å²) in [5.41, 5.74) is 2.99. The lowest BCUT2D eigenvalue weighted by Gasteiger charge is -2.44. The second kappa shape index (κ2) is 5.30. The van der Waals surface area contributed by atoms with Crippen LogP contribution in [0.4, 0.5) is 0 Å². The van der Waals surface area contributed by atoms with Gasteiger partial charge in [0.2, 0.25) is 0 Å². The van der Waals surface area contributed by atoms with E-state index >= 15 is 0 Å². The second-order valence-corrected chi connectivity index (χ2v) is 6.72. The van der Waals surface area contributed by atoms with Gasteiger partial charge in [0, 0.05) is 56.4 Å². The maximum atomic E-state index is 6.11. The van der Waals surface area contributed by atoms with Gasteiger partial charge in [-0.15, -0.1) is 0 Å². The van der Waals surface area contributed by atoms with Crippen molar-refractivity contribution in [1.29, 1.82) is 0 Å². The van der Waals surface area contributed by atoms with E-state index in [2.05, 4.69) is 33.3 Å². The van der Waals surface area contributed by atoms with Gasteiger partial charge >= 0.3 is 0 Å². The van der Waals surface area contributed by atoms with Crippen molar-refractivity contribution < 1.29 is 0 Å². The van der Waals surface area contributed by atoms with E-state index in [0.29, 0.717) is 6.04 Å². The van der Waals surface area contributed by atoms with Gasteiger partial charge in [-0.2, -0.15) is 0 Å². The van der Waals surface area contributed by atoms with Crippen LogP contribution in [0.25, 0.3) is 0 Å². The van der Waals surface area contributed by atoms with Crippen molar-refractivity contribution in [2.24, 2.45) is 0 Å². The van der Waals surface area contributed by atoms with E-state index in [-0.39, 0.29) is 0 Å². The van der Waals surface area contributed by atoms with Gasteiger partial charge in [-0.25, -0.2) is 0 Å². The summed E-state index contributed by atoms with van der Waals surface area (Å²) in [5.74, 6) is 0. The van der Waals surface area contributed by atoms with Crippen molar-refractivity contribution in [2.75, 3.05) is 39.3 Å². The summed E-state index contributed by atoms with van der Waals surface area (Å²) >= 11 is 6.11. The lowest BCUT2D eigenvalue weighted by atomic mass is 10.0. The highest BCUT2D eigenvalue weighted by atomic mass is 35.5. The van der Waals surface area contributed by atoms with E-state index in [1.807, 2.05) is 0 Å². The summed E-state index contributed by atoms with van der Waals surface area (Å²) in [7, 11) is 0. The van der Waals surface area contributed by atoms with Crippen LogP contribution in [0.5, 0.6) is 0 Å². The number of rotatable bonds is 2. The second-order valence-electron chi connectivity index (χ2n) is 6.28. The van der Waals surface area contributed by atoms with Gasteiger partial charge in [-0.1, -0.05) is 17.7 Å². The van der Waals surface area contributed by atoms with Crippen molar-refractivity contribution in [1.82, 2.24) is 15.1 Å². The van der Waals surface area contributed by atoms with Gasteiger partial charge in [0.15, 0.2) is 0 Å². The molecule has 1 unspecified atom stereocenters. The first-order valence-electron chi connectivity index (χ1n) is 7.78. The molecule has 108 valence electrons. The molecule has 20 heavy (non-hydrogen) atoms. The minimum Gasteiger partial charge on any atom is -0.314 e. The third-order valence-electron chi connectivity index (χ3n) is 5.22. The first-order chi connectivity index (χ1) is 9.81. The fourth-order valence-corrected chi connectivity index (χ4v) is 4.08. The smallest absolute Gasteiger partial charge is 0.0408 e. The van der Waals surface area contributed by atoms with Crippen LogP contribution in [0.15, 0.2) is 18.2 Å². The van der Waals surface area contributed by atoms with Crippen LogP contribution in [0.1, 0.15) is 23.6 Å². The molecule has 1 N–H and O–H groups in total. The Labute approximate surface area is 125 Å². The highest BCUT2D eigenvalue weighted by Crippen LogP contribution is 2.37. The highest BCUT2D eigenvalue weighted by Gasteiger charge is 2.33. The van der Waals surface area contributed by atoms with Crippen LogP contribution in [0.2, 0.25) is 5.02 Å². The van der Waals surface area contributed by atoms with Crippen LogP contribution >= 0.6 is 11.6 Å². The Morgan fingerprint density at radius 1 is 1.05 bits per heavy atom. The Bertz CT molecular complexity index is 492. The Morgan fingerprint density at radius 3 is 2.50 bits per heavy atom. The number of hydrogen-bond acceptors (Lipinski definition) is 3. The number of fused-ring (bicyclic) bond motifs is 1. The quantitative estimate of drug-likeness (QED) is 0.898. The van der Waals surface area contributed by atoms with Crippen LogP contribution < -0.4 is 5.32 Å². The lowest BCUT2D eigenvalue weighted by molar-refractivity contribution is 0.0515. The Kier molecular flexibility index (Phi) is 3.47. The molecule has 1 aromatic carbocycles. The van der Waals surface area contributed by atoms with E-state index in [0.717, 1.165) is 11.1 Å². The molecule has 0 spiro atoms. The third kappa shape index (κ3) is 2.27. The van der Waals surface area contributed by atoms with Gasteiger partial charge < -0.3 is 5.32 Å². The van der Waals surface area contributed by atoms with Crippen molar-refractivity contribution >= 4 is 11.6 Å². The fourth-order valence-electron chi connectivity index (χ4n) is 3.89. The Hall–Kier alpha value is -0.610. The molecular weight excluding hydrogens is 270 g/mol. The summed E-state index contributed by atoms with van der Waals surface area (Å²) in [5, 5.41) is 4.26. The van der Waals surface area contributed by atoms with Crippen LogP contribution in [-0.2, 0) is 6.42 Å². The van der Waals surface area contributed by atoms with Gasteiger partial charge in [-0.05, 0) is 36.1 Å². The molecule has 3 nitrogen and oxygen atoms in total. The van der Waals surface area contributed by atoms with E-state index < -0.39 is 0 Å². The predicted molar refractivity (Wildman–Crippen MR) is 82.3 cm³/mol. The van der Waals surface area contributed by atoms with Crippen LogP contribution in [0.3, 0.4) is 0 Å². The van der Waals surface area contributed by atoms with Gasteiger partial charge in [-0.3, -0.25) is 9.80 Å². The van der Waals surface area contributed by atoms with Gasteiger partial charge in [0.1, 0.15) is 0 Å². The monoisotopic (exact) mass is 291 g/mol. The van der Waals surface area contributed by atoms with E-state index in [1.165, 1.54) is 63.2 Å². The van der Waals surface area contributed by atoms with Crippen molar-refractivity contribution in [3.8, 4) is 0 Å². The minimum atomic E-state index is 0.629. The zero-order chi connectivity index (χ0) is 13.5. The summed E-state index contributed by atoms with van der Waals surface area (Å²) in [6.45, 7) is 7.25. The number of benzene rings is 1. The number of aryl methyl sites for hydroxylation is 1. The largest absolute Gasteiger partial charge is 0.314 e. The molecule has 1 aliphatic carbocycles. The summed E-state index contributed by atoms with van der Waals surface area (Å²) in [6, 6.07) is 7.88. The molecule has 2 heterocycles. The zero-order valence-corrected chi connectivity index (χ0v) is 12.6. The summed E-state index contributed by atoms with van der Waals surface area (Å²) in [4.78, 5) is 5.34. The van der Waals surface area contributed by atoms with Crippen LogP contribution in [0, 0.1) is 0 Å². The maximum Gasteiger partial charge on any atom is 0.0408 e. The van der Waals surface area contributed by atoms with E-state index in [1.54, 1.807) is 0 Å². The first-order valence-corrected chi connectivity index (χ1v) is 8.16. The average molecular weight is 292 g/mol. The molecule has 0 aromatic heterocycles. The Morgan fingerprint density at radius 2 is 1.80 bits per heavy atom.